The molecule has 1 aromatic carbocycles. The van der Waals surface area contributed by atoms with E-state index in [-0.39, 0.29) is 4.99 Å². The topological polar surface area (TPSA) is 63.8 Å². The molecule has 1 aromatic heterocycles. The molecule has 0 saturated carbocycles. The largest absolute Gasteiger partial charge is 0.387 e. The van der Waals surface area contributed by atoms with Gasteiger partial charge in [-0.25, -0.2) is 9.97 Å². The van der Waals surface area contributed by atoms with E-state index in [2.05, 4.69) is 15.3 Å². The molecule has 0 fully saturated rings. The Labute approximate surface area is 105 Å². The predicted molar refractivity (Wildman–Crippen MR) is 71.7 cm³/mol. The SMILES string of the molecule is NC(=S)c1nccc(NCc2ccccc2)n1. The monoisotopic (exact) mass is 244 g/mol. The van der Waals surface area contributed by atoms with E-state index < -0.39 is 0 Å². The second-order valence-electron chi connectivity index (χ2n) is 3.47. The zero-order chi connectivity index (χ0) is 12.1. The summed E-state index contributed by atoms with van der Waals surface area (Å²) < 4.78 is 0. The van der Waals surface area contributed by atoms with Crippen molar-refractivity contribution in [3.8, 4) is 0 Å². The lowest BCUT2D eigenvalue weighted by atomic mass is 10.2. The Balaban J connectivity index is 2.04. The van der Waals surface area contributed by atoms with Crippen molar-refractivity contribution in [1.82, 2.24) is 9.97 Å². The highest BCUT2D eigenvalue weighted by Gasteiger charge is 2.01. The van der Waals surface area contributed by atoms with E-state index in [4.69, 9.17) is 18.0 Å². The highest BCUT2D eigenvalue weighted by Crippen LogP contribution is 2.05. The average Bonchev–Trinajstić information content (AvgIpc) is 2.38. The van der Waals surface area contributed by atoms with Gasteiger partial charge in [-0.05, 0) is 11.6 Å². The molecule has 0 saturated heterocycles. The smallest absolute Gasteiger partial charge is 0.188 e. The predicted octanol–water partition coefficient (Wildman–Crippen LogP) is 1.72. The van der Waals surface area contributed by atoms with Crippen LogP contribution in [0.5, 0.6) is 0 Å². The fraction of sp³-hybridized carbons (Fsp3) is 0.0833. The molecule has 2 rings (SSSR count). The van der Waals surface area contributed by atoms with Crippen LogP contribution in [-0.2, 0) is 6.54 Å². The van der Waals surface area contributed by atoms with E-state index in [0.717, 1.165) is 0 Å². The molecule has 0 aliphatic carbocycles. The van der Waals surface area contributed by atoms with Crippen LogP contribution in [0.2, 0.25) is 0 Å². The second kappa shape index (κ2) is 5.36. The van der Waals surface area contributed by atoms with Crippen molar-refractivity contribution in [3.63, 3.8) is 0 Å². The van der Waals surface area contributed by atoms with Gasteiger partial charge in [-0.15, -0.1) is 0 Å². The molecule has 0 spiro atoms. The number of aromatic nitrogens is 2. The Morgan fingerprint density at radius 3 is 2.71 bits per heavy atom. The van der Waals surface area contributed by atoms with Gasteiger partial charge in [0.15, 0.2) is 5.82 Å². The van der Waals surface area contributed by atoms with Gasteiger partial charge in [0, 0.05) is 12.7 Å². The van der Waals surface area contributed by atoms with Crippen molar-refractivity contribution >= 4 is 23.0 Å². The van der Waals surface area contributed by atoms with Crippen molar-refractivity contribution in [2.75, 3.05) is 5.32 Å². The molecule has 0 amide bonds. The Bertz CT molecular complexity index is 513. The third kappa shape index (κ3) is 3.22. The summed E-state index contributed by atoms with van der Waals surface area (Å²) in [7, 11) is 0. The van der Waals surface area contributed by atoms with E-state index in [1.54, 1.807) is 12.3 Å². The number of rotatable bonds is 4. The van der Waals surface area contributed by atoms with Crippen LogP contribution in [-0.4, -0.2) is 15.0 Å². The van der Waals surface area contributed by atoms with E-state index >= 15 is 0 Å². The molecule has 2 aromatic rings. The van der Waals surface area contributed by atoms with Crippen molar-refractivity contribution in [3.05, 3.63) is 54.0 Å². The maximum atomic E-state index is 5.47. The van der Waals surface area contributed by atoms with Gasteiger partial charge in [-0.3, -0.25) is 0 Å². The maximum Gasteiger partial charge on any atom is 0.188 e. The zero-order valence-electron chi connectivity index (χ0n) is 9.13. The number of hydrogen-bond acceptors (Lipinski definition) is 4. The average molecular weight is 244 g/mol. The number of thiocarbonyl (C=S) groups is 1. The maximum absolute atomic E-state index is 5.47. The lowest BCUT2D eigenvalue weighted by molar-refractivity contribution is 1.07. The minimum Gasteiger partial charge on any atom is -0.387 e. The van der Waals surface area contributed by atoms with Crippen LogP contribution < -0.4 is 11.1 Å². The molecule has 0 bridgehead atoms. The summed E-state index contributed by atoms with van der Waals surface area (Å²) in [6.45, 7) is 0.703. The standard InChI is InChI=1S/C12H12N4S/c13-11(17)12-14-7-6-10(16-12)15-8-9-4-2-1-3-5-9/h1-7H,8H2,(H2,13,17)(H,14,15,16). The quantitative estimate of drug-likeness (QED) is 0.802. The summed E-state index contributed by atoms with van der Waals surface area (Å²) in [5, 5.41) is 3.19. The first-order chi connectivity index (χ1) is 8.25. The summed E-state index contributed by atoms with van der Waals surface area (Å²) in [5.74, 6) is 1.10. The van der Waals surface area contributed by atoms with Crippen molar-refractivity contribution in [1.29, 1.82) is 0 Å². The highest BCUT2D eigenvalue weighted by molar-refractivity contribution is 7.80. The summed E-state index contributed by atoms with van der Waals surface area (Å²) in [4.78, 5) is 8.38. The van der Waals surface area contributed by atoms with Crippen LogP contribution in [0.15, 0.2) is 42.6 Å². The molecular weight excluding hydrogens is 232 g/mol. The molecule has 5 heteroatoms. The molecule has 0 aliphatic heterocycles. The first kappa shape index (κ1) is 11.5. The van der Waals surface area contributed by atoms with Gasteiger partial charge in [0.25, 0.3) is 0 Å². The summed E-state index contributed by atoms with van der Waals surface area (Å²) >= 11 is 4.82. The number of nitrogens with one attached hydrogen (secondary N) is 1. The Morgan fingerprint density at radius 1 is 1.24 bits per heavy atom. The molecular formula is C12H12N4S. The van der Waals surface area contributed by atoms with E-state index in [1.165, 1.54) is 5.56 Å². The molecule has 86 valence electrons. The van der Waals surface area contributed by atoms with Crippen molar-refractivity contribution < 1.29 is 0 Å². The Hall–Kier alpha value is -2.01. The van der Waals surface area contributed by atoms with Gasteiger partial charge < -0.3 is 11.1 Å². The number of benzene rings is 1. The molecule has 1 heterocycles. The van der Waals surface area contributed by atoms with Gasteiger partial charge in [-0.2, -0.15) is 0 Å². The lowest BCUT2D eigenvalue weighted by Crippen LogP contribution is -2.14. The first-order valence-electron chi connectivity index (χ1n) is 5.16. The van der Waals surface area contributed by atoms with Gasteiger partial charge in [0.1, 0.15) is 10.8 Å². The second-order valence-corrected chi connectivity index (χ2v) is 3.91. The fourth-order valence-electron chi connectivity index (χ4n) is 1.36. The third-order valence-electron chi connectivity index (χ3n) is 2.19. The minimum absolute atomic E-state index is 0.202. The summed E-state index contributed by atoms with van der Waals surface area (Å²) in [5.41, 5.74) is 6.65. The van der Waals surface area contributed by atoms with Crippen LogP contribution in [0.4, 0.5) is 5.82 Å². The molecule has 0 atom stereocenters. The molecule has 17 heavy (non-hydrogen) atoms. The van der Waals surface area contributed by atoms with Crippen LogP contribution in [0, 0.1) is 0 Å². The van der Waals surface area contributed by atoms with Crippen molar-refractivity contribution in [2.45, 2.75) is 6.54 Å². The van der Waals surface area contributed by atoms with E-state index in [9.17, 15) is 0 Å². The van der Waals surface area contributed by atoms with Gasteiger partial charge >= 0.3 is 0 Å². The molecule has 4 nitrogen and oxygen atoms in total. The van der Waals surface area contributed by atoms with Crippen LogP contribution in [0.25, 0.3) is 0 Å². The van der Waals surface area contributed by atoms with Gasteiger partial charge in [-0.1, -0.05) is 42.5 Å². The lowest BCUT2D eigenvalue weighted by Gasteiger charge is -2.06. The number of anilines is 1. The van der Waals surface area contributed by atoms with E-state index in [0.29, 0.717) is 18.2 Å². The Kier molecular flexibility index (Phi) is 3.62. The highest BCUT2D eigenvalue weighted by atomic mass is 32.1. The Morgan fingerprint density at radius 2 is 2.00 bits per heavy atom. The zero-order valence-corrected chi connectivity index (χ0v) is 9.95. The molecule has 0 aliphatic rings. The van der Waals surface area contributed by atoms with Gasteiger partial charge in [0.05, 0.1) is 0 Å². The minimum atomic E-state index is 0.202. The molecule has 3 N–H and O–H groups in total. The van der Waals surface area contributed by atoms with Crippen LogP contribution in [0.3, 0.4) is 0 Å². The fourth-order valence-corrected chi connectivity index (χ4v) is 1.46. The number of nitrogens with two attached hydrogens (primary N) is 1. The molecule has 0 unspecified atom stereocenters. The number of nitrogens with zero attached hydrogens (tertiary/aromatic N) is 2. The van der Waals surface area contributed by atoms with Crippen LogP contribution in [0.1, 0.15) is 11.4 Å². The normalized spacial score (nSPS) is 9.88. The summed E-state index contributed by atoms with van der Waals surface area (Å²) in [6, 6.07) is 11.9. The van der Waals surface area contributed by atoms with Crippen LogP contribution >= 0.6 is 12.2 Å². The number of hydrogen-bond donors (Lipinski definition) is 2. The third-order valence-corrected chi connectivity index (χ3v) is 2.37. The molecule has 0 radical (unpaired) electrons. The van der Waals surface area contributed by atoms with Gasteiger partial charge in [0.2, 0.25) is 0 Å². The van der Waals surface area contributed by atoms with E-state index in [1.807, 2.05) is 30.3 Å². The first-order valence-corrected chi connectivity index (χ1v) is 5.57. The summed E-state index contributed by atoms with van der Waals surface area (Å²) in [6.07, 6.45) is 1.63. The van der Waals surface area contributed by atoms with Crippen molar-refractivity contribution in [2.24, 2.45) is 5.73 Å².